The molecule has 0 fully saturated rings. The quantitative estimate of drug-likeness (QED) is 0.376. The number of allylic oxidation sites excluding steroid dienone is 1. The molecule has 2 nitrogen and oxygen atoms in total. The number of hydrogen-bond donors (Lipinski definition) is 0. The van der Waals surface area contributed by atoms with Gasteiger partial charge in [0.05, 0.1) is 0 Å². The summed E-state index contributed by atoms with van der Waals surface area (Å²) in [6.45, 7) is 11.5. The molecule has 0 spiro atoms. The maximum absolute atomic E-state index is 11.2. The van der Waals surface area contributed by atoms with Gasteiger partial charge in [-0.1, -0.05) is 11.8 Å². The predicted octanol–water partition coefficient (Wildman–Crippen LogP) is 2.93. The number of carbonyl (C=O) groups excluding carboxylic acids is 1. The lowest BCUT2D eigenvalue weighted by molar-refractivity contribution is -0.148. The zero-order chi connectivity index (χ0) is 12.1. The summed E-state index contributed by atoms with van der Waals surface area (Å²) >= 11 is 0. The van der Waals surface area contributed by atoms with E-state index >= 15 is 0 Å². The largest absolute Gasteiger partial charge is 0.457 e. The Morgan fingerprint density at radius 1 is 1.13 bits per heavy atom. The van der Waals surface area contributed by atoms with Gasteiger partial charge in [-0.3, -0.25) is 0 Å². The molecule has 84 valence electrons. The number of ether oxygens (including phenoxy) is 1. The van der Waals surface area contributed by atoms with Crippen LogP contribution in [0.4, 0.5) is 0 Å². The van der Waals surface area contributed by atoms with Crippen LogP contribution in [0.5, 0.6) is 0 Å². The Labute approximate surface area is 92.7 Å². The molecule has 0 aromatic heterocycles. The van der Waals surface area contributed by atoms with Gasteiger partial charge >= 0.3 is 5.97 Å². The van der Waals surface area contributed by atoms with Crippen molar-refractivity contribution in [3.05, 3.63) is 12.2 Å². The monoisotopic (exact) mass is 208 g/mol. The van der Waals surface area contributed by atoms with Gasteiger partial charge in [0, 0.05) is 11.5 Å². The van der Waals surface area contributed by atoms with Gasteiger partial charge in [0.15, 0.2) is 0 Å². The molecule has 0 saturated carbocycles. The van der Waals surface area contributed by atoms with E-state index in [1.165, 1.54) is 12.2 Å². The van der Waals surface area contributed by atoms with Crippen LogP contribution in [-0.2, 0) is 9.53 Å². The van der Waals surface area contributed by atoms with Gasteiger partial charge in [0.1, 0.15) is 5.60 Å². The van der Waals surface area contributed by atoms with Crippen molar-refractivity contribution in [1.82, 2.24) is 0 Å². The second-order valence-corrected chi connectivity index (χ2v) is 5.39. The molecule has 0 heterocycles. The van der Waals surface area contributed by atoms with Crippen LogP contribution < -0.4 is 0 Å². The summed E-state index contributed by atoms with van der Waals surface area (Å²) in [6, 6.07) is 0. The molecule has 0 aliphatic carbocycles. The SMILES string of the molecule is CC(C)(C)C#C/C=C\C(=O)OC(C)(C)C. The highest BCUT2D eigenvalue weighted by Crippen LogP contribution is 2.09. The molecular formula is C13H20O2. The van der Waals surface area contributed by atoms with E-state index < -0.39 is 5.60 Å². The van der Waals surface area contributed by atoms with Crippen molar-refractivity contribution in [2.75, 3.05) is 0 Å². The predicted molar refractivity (Wildman–Crippen MR) is 62.2 cm³/mol. The summed E-state index contributed by atoms with van der Waals surface area (Å²) in [7, 11) is 0. The van der Waals surface area contributed by atoms with Crippen molar-refractivity contribution in [2.45, 2.75) is 47.1 Å². The first-order valence-corrected chi connectivity index (χ1v) is 5.02. The number of esters is 1. The molecule has 0 aromatic carbocycles. The van der Waals surface area contributed by atoms with Crippen LogP contribution in [0, 0.1) is 17.3 Å². The zero-order valence-electron chi connectivity index (χ0n) is 10.5. The molecular weight excluding hydrogens is 188 g/mol. The highest BCUT2D eigenvalue weighted by Gasteiger charge is 2.13. The van der Waals surface area contributed by atoms with Crippen molar-refractivity contribution >= 4 is 5.97 Å². The van der Waals surface area contributed by atoms with Crippen molar-refractivity contribution in [3.8, 4) is 11.8 Å². The summed E-state index contributed by atoms with van der Waals surface area (Å²) in [6.07, 6.45) is 2.88. The van der Waals surface area contributed by atoms with Gasteiger partial charge in [-0.15, -0.1) is 0 Å². The van der Waals surface area contributed by atoms with Gasteiger partial charge in [-0.05, 0) is 47.6 Å². The van der Waals surface area contributed by atoms with Gasteiger partial charge < -0.3 is 4.74 Å². The molecule has 0 bridgehead atoms. The van der Waals surface area contributed by atoms with E-state index in [-0.39, 0.29) is 11.4 Å². The molecule has 0 rings (SSSR count). The van der Waals surface area contributed by atoms with E-state index in [0.717, 1.165) is 0 Å². The lowest BCUT2D eigenvalue weighted by Gasteiger charge is -2.17. The fourth-order valence-corrected chi connectivity index (χ4v) is 0.704. The highest BCUT2D eigenvalue weighted by molar-refractivity contribution is 5.82. The van der Waals surface area contributed by atoms with E-state index in [1.807, 2.05) is 41.5 Å². The molecule has 0 unspecified atom stereocenters. The first kappa shape index (κ1) is 13.8. The first-order valence-electron chi connectivity index (χ1n) is 5.02. The summed E-state index contributed by atoms with van der Waals surface area (Å²) < 4.78 is 5.08. The van der Waals surface area contributed by atoms with E-state index in [1.54, 1.807) is 0 Å². The average molecular weight is 208 g/mol. The van der Waals surface area contributed by atoms with Crippen molar-refractivity contribution < 1.29 is 9.53 Å². The summed E-state index contributed by atoms with van der Waals surface area (Å²) in [5.41, 5.74) is -0.489. The number of rotatable bonds is 1. The van der Waals surface area contributed by atoms with Crippen LogP contribution in [0.3, 0.4) is 0 Å². The third-order valence-electron chi connectivity index (χ3n) is 1.16. The zero-order valence-corrected chi connectivity index (χ0v) is 10.5. The Morgan fingerprint density at radius 3 is 2.07 bits per heavy atom. The standard InChI is InChI=1S/C13H20O2/c1-12(2,3)10-8-7-9-11(14)15-13(4,5)6/h7,9H,1-6H3/b9-7-. The van der Waals surface area contributed by atoms with Crippen LogP contribution in [0.25, 0.3) is 0 Å². The summed E-state index contributed by atoms with van der Waals surface area (Å²) in [5, 5.41) is 0. The Bertz CT molecular complexity index is 300. The van der Waals surface area contributed by atoms with Crippen LogP contribution >= 0.6 is 0 Å². The van der Waals surface area contributed by atoms with Gasteiger partial charge in [0.2, 0.25) is 0 Å². The normalized spacial score (nSPS) is 12.1. The molecule has 0 amide bonds. The van der Waals surface area contributed by atoms with Gasteiger partial charge in [-0.2, -0.15) is 0 Å². The van der Waals surface area contributed by atoms with Crippen LogP contribution in [-0.4, -0.2) is 11.6 Å². The fraction of sp³-hybridized carbons (Fsp3) is 0.615. The van der Waals surface area contributed by atoms with Crippen LogP contribution in [0.15, 0.2) is 12.2 Å². The lowest BCUT2D eigenvalue weighted by Crippen LogP contribution is -2.22. The maximum atomic E-state index is 11.2. The summed E-state index contributed by atoms with van der Waals surface area (Å²) in [4.78, 5) is 11.2. The molecule has 0 radical (unpaired) electrons. The van der Waals surface area contributed by atoms with Crippen molar-refractivity contribution in [3.63, 3.8) is 0 Å². The van der Waals surface area contributed by atoms with E-state index in [4.69, 9.17) is 4.74 Å². The van der Waals surface area contributed by atoms with E-state index in [0.29, 0.717) is 0 Å². The van der Waals surface area contributed by atoms with Gasteiger partial charge in [-0.25, -0.2) is 4.79 Å². The molecule has 0 N–H and O–H groups in total. The Kier molecular flexibility index (Phi) is 4.61. The van der Waals surface area contributed by atoms with E-state index in [9.17, 15) is 4.79 Å². The highest BCUT2D eigenvalue weighted by atomic mass is 16.6. The minimum atomic E-state index is -0.446. The topological polar surface area (TPSA) is 26.3 Å². The molecule has 0 aromatic rings. The smallest absolute Gasteiger partial charge is 0.331 e. The molecule has 2 heteroatoms. The fourth-order valence-electron chi connectivity index (χ4n) is 0.704. The van der Waals surface area contributed by atoms with Crippen molar-refractivity contribution in [1.29, 1.82) is 0 Å². The van der Waals surface area contributed by atoms with Crippen LogP contribution in [0.1, 0.15) is 41.5 Å². The minimum Gasteiger partial charge on any atom is -0.457 e. The van der Waals surface area contributed by atoms with Crippen molar-refractivity contribution in [2.24, 2.45) is 5.41 Å². The lowest BCUT2D eigenvalue weighted by atomic mass is 9.98. The van der Waals surface area contributed by atoms with Gasteiger partial charge in [0.25, 0.3) is 0 Å². The second kappa shape index (κ2) is 5.02. The molecule has 0 atom stereocenters. The number of hydrogen-bond acceptors (Lipinski definition) is 2. The third kappa shape index (κ3) is 10.7. The van der Waals surface area contributed by atoms with E-state index in [2.05, 4.69) is 11.8 Å². The molecule has 15 heavy (non-hydrogen) atoms. The van der Waals surface area contributed by atoms with Crippen LogP contribution in [0.2, 0.25) is 0 Å². The molecule has 0 saturated heterocycles. The second-order valence-electron chi connectivity index (χ2n) is 5.39. The molecule has 0 aliphatic rings. The minimum absolute atomic E-state index is 0.0434. The maximum Gasteiger partial charge on any atom is 0.331 e. The summed E-state index contributed by atoms with van der Waals surface area (Å²) in [5.74, 6) is 5.45. The average Bonchev–Trinajstić information content (AvgIpc) is 1.92. The third-order valence-corrected chi connectivity index (χ3v) is 1.16. The Hall–Kier alpha value is -1.23. The Morgan fingerprint density at radius 2 is 1.67 bits per heavy atom. The Balaban J connectivity index is 4.19. The first-order chi connectivity index (χ1) is 6.60. The number of carbonyl (C=O) groups is 1. The molecule has 0 aliphatic heterocycles.